The molecule has 1 aromatic rings. The molecule has 2 nitrogen and oxygen atoms in total. The summed E-state index contributed by atoms with van der Waals surface area (Å²) in [5.41, 5.74) is 1.64. The molecule has 1 aromatic carbocycles. The van der Waals surface area contributed by atoms with Crippen molar-refractivity contribution in [3.63, 3.8) is 0 Å². The molecular formula is C22H28FNO. The Balaban J connectivity index is 1.13. The van der Waals surface area contributed by atoms with Gasteiger partial charge in [-0.05, 0) is 98.1 Å². The van der Waals surface area contributed by atoms with Crippen LogP contribution in [0.3, 0.4) is 0 Å². The fraction of sp³-hybridized carbons (Fsp3) is 0.682. The Morgan fingerprint density at radius 1 is 1.00 bits per heavy atom. The number of carbonyl (C=O) groups excluding carboxylic acids is 1. The van der Waals surface area contributed by atoms with Crippen molar-refractivity contribution in [2.75, 3.05) is 6.54 Å². The Kier molecular flexibility index (Phi) is 3.69. The van der Waals surface area contributed by atoms with Crippen LogP contribution in [-0.2, 0) is 4.79 Å². The fourth-order valence-electron chi connectivity index (χ4n) is 6.74. The second-order valence-corrected chi connectivity index (χ2v) is 9.46. The molecule has 0 radical (unpaired) electrons. The Morgan fingerprint density at radius 3 is 2.20 bits per heavy atom. The molecule has 6 rings (SSSR count). The van der Waals surface area contributed by atoms with E-state index in [1.54, 1.807) is 0 Å². The van der Waals surface area contributed by atoms with E-state index >= 15 is 0 Å². The maximum atomic E-state index is 13.0. The minimum atomic E-state index is -0.207. The van der Waals surface area contributed by atoms with Crippen molar-refractivity contribution in [3.05, 3.63) is 35.6 Å². The Morgan fingerprint density at radius 2 is 1.60 bits per heavy atom. The SMILES string of the molecule is O=C(NCCC12CC3CC(CC(C3)C1)C2)C1CC1c1ccc(F)cc1. The molecule has 4 bridgehead atoms. The molecule has 2 unspecified atom stereocenters. The molecule has 5 aliphatic rings. The number of amides is 1. The lowest BCUT2D eigenvalue weighted by molar-refractivity contribution is -0.122. The van der Waals surface area contributed by atoms with Crippen molar-refractivity contribution >= 4 is 5.91 Å². The second-order valence-electron chi connectivity index (χ2n) is 9.46. The number of benzene rings is 1. The Hall–Kier alpha value is -1.38. The second kappa shape index (κ2) is 5.82. The molecule has 0 saturated heterocycles. The summed E-state index contributed by atoms with van der Waals surface area (Å²) in [6, 6.07) is 6.64. The van der Waals surface area contributed by atoms with E-state index in [0.717, 1.165) is 36.3 Å². The maximum absolute atomic E-state index is 13.0. The minimum Gasteiger partial charge on any atom is -0.356 e. The quantitative estimate of drug-likeness (QED) is 0.830. The zero-order valence-electron chi connectivity index (χ0n) is 14.8. The molecule has 0 spiro atoms. The van der Waals surface area contributed by atoms with E-state index in [2.05, 4.69) is 5.32 Å². The summed E-state index contributed by atoms with van der Waals surface area (Å²) in [6.45, 7) is 0.845. The van der Waals surface area contributed by atoms with E-state index in [4.69, 9.17) is 0 Å². The van der Waals surface area contributed by atoms with Crippen LogP contribution in [-0.4, -0.2) is 12.5 Å². The van der Waals surface area contributed by atoms with Gasteiger partial charge in [-0.15, -0.1) is 0 Å². The van der Waals surface area contributed by atoms with E-state index in [1.807, 2.05) is 12.1 Å². The van der Waals surface area contributed by atoms with Crippen LogP contribution >= 0.6 is 0 Å². The highest BCUT2D eigenvalue weighted by atomic mass is 19.1. The van der Waals surface area contributed by atoms with Gasteiger partial charge in [0.05, 0.1) is 0 Å². The highest BCUT2D eigenvalue weighted by molar-refractivity contribution is 5.82. The summed E-state index contributed by atoms with van der Waals surface area (Å²) in [7, 11) is 0. The lowest BCUT2D eigenvalue weighted by atomic mass is 9.49. The molecule has 5 aliphatic carbocycles. The van der Waals surface area contributed by atoms with E-state index in [9.17, 15) is 9.18 Å². The molecule has 2 atom stereocenters. The van der Waals surface area contributed by atoms with Gasteiger partial charge in [-0.25, -0.2) is 4.39 Å². The average molecular weight is 341 g/mol. The Bertz CT molecular complexity index is 632. The van der Waals surface area contributed by atoms with Crippen molar-refractivity contribution < 1.29 is 9.18 Å². The van der Waals surface area contributed by atoms with Crippen LogP contribution in [0.2, 0.25) is 0 Å². The first-order valence-corrected chi connectivity index (χ1v) is 10.1. The summed E-state index contributed by atoms with van der Waals surface area (Å²) >= 11 is 0. The summed E-state index contributed by atoms with van der Waals surface area (Å²) in [5.74, 6) is 3.33. The predicted octanol–water partition coefficient (Wildman–Crippen LogP) is 4.65. The van der Waals surface area contributed by atoms with E-state index in [-0.39, 0.29) is 17.6 Å². The molecule has 134 valence electrons. The standard InChI is InChI=1S/C22H28FNO/c23-18-3-1-17(2-4-18)19-10-20(19)21(25)24-6-5-22-11-14-7-15(12-22)9-16(8-14)13-22/h1-4,14-16,19-20H,5-13H2,(H,24,25). The van der Waals surface area contributed by atoms with E-state index < -0.39 is 0 Å². The van der Waals surface area contributed by atoms with Crippen molar-refractivity contribution in [1.29, 1.82) is 0 Å². The third-order valence-corrected chi connectivity index (χ3v) is 7.54. The van der Waals surface area contributed by atoms with Gasteiger partial charge in [0.2, 0.25) is 5.91 Å². The summed E-state index contributed by atoms with van der Waals surface area (Å²) in [5, 5.41) is 3.22. The first-order valence-electron chi connectivity index (χ1n) is 10.1. The van der Waals surface area contributed by atoms with Gasteiger partial charge in [-0.2, -0.15) is 0 Å². The molecule has 1 N–H and O–H groups in total. The van der Waals surface area contributed by atoms with Crippen molar-refractivity contribution in [2.24, 2.45) is 29.1 Å². The Labute approximate surface area is 149 Å². The summed E-state index contributed by atoms with van der Waals surface area (Å²) in [4.78, 5) is 12.5. The van der Waals surface area contributed by atoms with E-state index in [0.29, 0.717) is 11.3 Å². The number of carbonyl (C=O) groups is 1. The first-order chi connectivity index (χ1) is 12.1. The predicted molar refractivity (Wildman–Crippen MR) is 95.5 cm³/mol. The van der Waals surface area contributed by atoms with Gasteiger partial charge in [-0.3, -0.25) is 4.79 Å². The van der Waals surface area contributed by atoms with Gasteiger partial charge in [0.1, 0.15) is 5.82 Å². The molecule has 0 aromatic heterocycles. The number of nitrogens with one attached hydrogen (secondary N) is 1. The average Bonchev–Trinajstić information content (AvgIpc) is 3.34. The van der Waals surface area contributed by atoms with Gasteiger partial charge in [0.25, 0.3) is 0 Å². The molecule has 5 fully saturated rings. The van der Waals surface area contributed by atoms with Gasteiger partial charge >= 0.3 is 0 Å². The maximum Gasteiger partial charge on any atom is 0.223 e. The first kappa shape index (κ1) is 15.8. The summed E-state index contributed by atoms with van der Waals surface area (Å²) in [6.07, 6.45) is 10.8. The number of rotatable bonds is 5. The molecule has 0 aliphatic heterocycles. The van der Waals surface area contributed by atoms with Crippen LogP contribution in [0.25, 0.3) is 0 Å². The normalized spacial score (nSPS) is 40.9. The van der Waals surface area contributed by atoms with Gasteiger partial charge in [-0.1, -0.05) is 12.1 Å². The number of hydrogen-bond acceptors (Lipinski definition) is 1. The van der Waals surface area contributed by atoms with Crippen molar-refractivity contribution in [2.45, 2.75) is 57.3 Å². The topological polar surface area (TPSA) is 29.1 Å². The smallest absolute Gasteiger partial charge is 0.223 e. The van der Waals surface area contributed by atoms with Crippen molar-refractivity contribution in [1.82, 2.24) is 5.32 Å². The van der Waals surface area contributed by atoms with Gasteiger partial charge in [0.15, 0.2) is 0 Å². The van der Waals surface area contributed by atoms with Gasteiger partial charge < -0.3 is 5.32 Å². The van der Waals surface area contributed by atoms with Crippen LogP contribution in [0.1, 0.15) is 62.8 Å². The molecule has 25 heavy (non-hydrogen) atoms. The largest absolute Gasteiger partial charge is 0.356 e. The summed E-state index contributed by atoms with van der Waals surface area (Å²) < 4.78 is 13.0. The minimum absolute atomic E-state index is 0.0989. The van der Waals surface area contributed by atoms with Crippen LogP contribution in [0, 0.1) is 34.9 Å². The number of halogens is 1. The van der Waals surface area contributed by atoms with Gasteiger partial charge in [0, 0.05) is 12.5 Å². The van der Waals surface area contributed by atoms with E-state index in [1.165, 1.54) is 57.1 Å². The highest BCUT2D eigenvalue weighted by Gasteiger charge is 2.50. The molecule has 5 saturated carbocycles. The van der Waals surface area contributed by atoms with Crippen LogP contribution in [0.15, 0.2) is 24.3 Å². The van der Waals surface area contributed by atoms with Crippen LogP contribution < -0.4 is 5.32 Å². The van der Waals surface area contributed by atoms with Crippen molar-refractivity contribution in [3.8, 4) is 0 Å². The highest BCUT2D eigenvalue weighted by Crippen LogP contribution is 2.61. The number of hydrogen-bond donors (Lipinski definition) is 1. The zero-order chi connectivity index (χ0) is 17.0. The monoisotopic (exact) mass is 341 g/mol. The zero-order valence-corrected chi connectivity index (χ0v) is 14.8. The van der Waals surface area contributed by atoms with Crippen LogP contribution in [0.4, 0.5) is 4.39 Å². The molecule has 0 heterocycles. The third kappa shape index (κ3) is 3.00. The fourth-order valence-corrected chi connectivity index (χ4v) is 6.74. The lowest BCUT2D eigenvalue weighted by Crippen LogP contribution is -2.47. The van der Waals surface area contributed by atoms with Crippen LogP contribution in [0.5, 0.6) is 0 Å². The molecule has 3 heteroatoms. The lowest BCUT2D eigenvalue weighted by Gasteiger charge is -2.57. The molecular weight excluding hydrogens is 313 g/mol. The molecule has 1 amide bonds. The third-order valence-electron chi connectivity index (χ3n) is 7.54.